The average Bonchev–Trinajstić information content (AvgIpc) is 2.91. The summed E-state index contributed by atoms with van der Waals surface area (Å²) in [4.78, 5) is 28.3. The number of aryl methyl sites for hydroxylation is 1. The second-order valence-electron chi connectivity index (χ2n) is 9.29. The van der Waals surface area contributed by atoms with Crippen LogP contribution in [0.1, 0.15) is 37.0 Å². The molecule has 10 heteroatoms. The lowest BCUT2D eigenvalue weighted by Gasteiger charge is -2.32. The standard InChI is InChI=1S/C29H33Cl2N3O4S/c1-5-17-32-29(36)22(4)33(18-23-9-6-7-10-26(23)31)28(35)19-34(27-12-8-11-25(30)21(27)3)39(37,38)24-15-13-20(2)14-16-24/h6-16,22H,5,17-19H2,1-4H3,(H,32,36)/t22-/m1/s1. The topological polar surface area (TPSA) is 86.8 Å². The molecule has 7 nitrogen and oxygen atoms in total. The molecule has 3 aromatic rings. The predicted molar refractivity (Wildman–Crippen MR) is 157 cm³/mol. The van der Waals surface area contributed by atoms with Gasteiger partial charge in [-0.3, -0.25) is 13.9 Å². The van der Waals surface area contributed by atoms with Crippen LogP contribution in [0.15, 0.2) is 71.6 Å². The van der Waals surface area contributed by atoms with Gasteiger partial charge in [0.05, 0.1) is 10.6 Å². The van der Waals surface area contributed by atoms with Gasteiger partial charge in [-0.1, -0.05) is 72.1 Å². The highest BCUT2D eigenvalue weighted by Crippen LogP contribution is 2.31. The molecule has 0 unspecified atom stereocenters. The number of hydrogen-bond donors (Lipinski definition) is 1. The lowest BCUT2D eigenvalue weighted by atomic mass is 10.1. The van der Waals surface area contributed by atoms with E-state index in [1.165, 1.54) is 17.0 Å². The van der Waals surface area contributed by atoms with Gasteiger partial charge in [0.2, 0.25) is 11.8 Å². The second kappa shape index (κ2) is 13.3. The molecule has 3 rings (SSSR count). The van der Waals surface area contributed by atoms with Crippen LogP contribution in [0.5, 0.6) is 0 Å². The maximum absolute atomic E-state index is 14.0. The van der Waals surface area contributed by atoms with Gasteiger partial charge in [0.15, 0.2) is 0 Å². The van der Waals surface area contributed by atoms with E-state index in [2.05, 4.69) is 5.32 Å². The van der Waals surface area contributed by atoms with Crippen LogP contribution in [-0.2, 0) is 26.2 Å². The molecule has 1 N–H and O–H groups in total. The fourth-order valence-corrected chi connectivity index (χ4v) is 5.84. The van der Waals surface area contributed by atoms with E-state index >= 15 is 0 Å². The fourth-order valence-electron chi connectivity index (χ4n) is 4.01. The molecule has 0 saturated heterocycles. The van der Waals surface area contributed by atoms with Crippen molar-refractivity contribution in [1.82, 2.24) is 10.2 Å². The number of rotatable bonds is 11. The van der Waals surface area contributed by atoms with Gasteiger partial charge in [0.25, 0.3) is 10.0 Å². The lowest BCUT2D eigenvalue weighted by Crippen LogP contribution is -2.51. The van der Waals surface area contributed by atoms with E-state index in [1.807, 2.05) is 13.8 Å². The van der Waals surface area contributed by atoms with Gasteiger partial charge in [-0.15, -0.1) is 0 Å². The van der Waals surface area contributed by atoms with Gasteiger partial charge in [0.1, 0.15) is 12.6 Å². The Hall–Kier alpha value is -3.07. The van der Waals surface area contributed by atoms with Crippen molar-refractivity contribution in [3.63, 3.8) is 0 Å². The third-order valence-electron chi connectivity index (χ3n) is 6.41. The summed E-state index contributed by atoms with van der Waals surface area (Å²) in [6.07, 6.45) is 0.730. The summed E-state index contributed by atoms with van der Waals surface area (Å²) in [7, 11) is -4.18. The Labute approximate surface area is 240 Å². The lowest BCUT2D eigenvalue weighted by molar-refractivity contribution is -0.139. The van der Waals surface area contributed by atoms with Crippen molar-refractivity contribution in [3.05, 3.63) is 93.5 Å². The first-order valence-corrected chi connectivity index (χ1v) is 14.8. The van der Waals surface area contributed by atoms with Crippen LogP contribution in [0.4, 0.5) is 5.69 Å². The summed E-state index contributed by atoms with van der Waals surface area (Å²) in [5.41, 5.74) is 2.31. The zero-order valence-electron chi connectivity index (χ0n) is 22.4. The van der Waals surface area contributed by atoms with Crippen molar-refractivity contribution in [2.24, 2.45) is 0 Å². The second-order valence-corrected chi connectivity index (χ2v) is 12.0. The summed E-state index contributed by atoms with van der Waals surface area (Å²) in [6, 6.07) is 17.4. The van der Waals surface area contributed by atoms with Crippen molar-refractivity contribution in [2.75, 3.05) is 17.4 Å². The first-order chi connectivity index (χ1) is 18.5. The van der Waals surface area contributed by atoms with Crippen LogP contribution in [0, 0.1) is 13.8 Å². The quantitative estimate of drug-likeness (QED) is 0.308. The van der Waals surface area contributed by atoms with Gasteiger partial charge in [-0.05, 0) is 68.7 Å². The molecule has 0 aliphatic carbocycles. The first kappa shape index (κ1) is 30.5. The van der Waals surface area contributed by atoms with Gasteiger partial charge in [-0.25, -0.2) is 8.42 Å². The van der Waals surface area contributed by atoms with Crippen LogP contribution in [-0.4, -0.2) is 44.3 Å². The van der Waals surface area contributed by atoms with E-state index in [9.17, 15) is 18.0 Å². The average molecular weight is 591 g/mol. The smallest absolute Gasteiger partial charge is 0.264 e. The summed E-state index contributed by atoms with van der Waals surface area (Å²) in [5.74, 6) is -0.909. The van der Waals surface area contributed by atoms with E-state index in [0.29, 0.717) is 27.7 Å². The van der Waals surface area contributed by atoms with Gasteiger partial charge in [-0.2, -0.15) is 0 Å². The number of carbonyl (C=O) groups excluding carboxylic acids is 2. The molecule has 39 heavy (non-hydrogen) atoms. The predicted octanol–water partition coefficient (Wildman–Crippen LogP) is 5.75. The molecule has 2 amide bonds. The molecule has 0 aromatic heterocycles. The Morgan fingerprint density at radius 3 is 2.21 bits per heavy atom. The molecule has 0 bridgehead atoms. The normalized spacial score (nSPS) is 12.1. The molecule has 0 aliphatic heterocycles. The molecule has 0 radical (unpaired) electrons. The molecule has 0 spiro atoms. The number of nitrogens with one attached hydrogen (secondary N) is 1. The summed E-state index contributed by atoms with van der Waals surface area (Å²) < 4.78 is 28.9. The number of halogens is 2. The zero-order valence-corrected chi connectivity index (χ0v) is 24.8. The van der Waals surface area contributed by atoms with Crippen molar-refractivity contribution < 1.29 is 18.0 Å². The Morgan fingerprint density at radius 2 is 1.56 bits per heavy atom. The van der Waals surface area contributed by atoms with E-state index < -0.39 is 28.5 Å². The Morgan fingerprint density at radius 1 is 0.923 bits per heavy atom. The van der Waals surface area contributed by atoms with E-state index in [4.69, 9.17) is 23.2 Å². The van der Waals surface area contributed by atoms with Crippen LogP contribution >= 0.6 is 23.2 Å². The first-order valence-electron chi connectivity index (χ1n) is 12.6. The molecule has 0 fully saturated rings. The van der Waals surface area contributed by atoms with Crippen LogP contribution in [0.2, 0.25) is 10.0 Å². The molecular formula is C29H33Cl2N3O4S. The minimum Gasteiger partial charge on any atom is -0.354 e. The van der Waals surface area contributed by atoms with Crippen molar-refractivity contribution in [1.29, 1.82) is 0 Å². The summed E-state index contributed by atoms with van der Waals surface area (Å²) in [6.45, 7) is 7.02. The van der Waals surface area contributed by atoms with Crippen LogP contribution in [0.25, 0.3) is 0 Å². The third kappa shape index (κ3) is 7.32. The summed E-state index contributed by atoms with van der Waals surface area (Å²) in [5, 5.41) is 3.62. The molecule has 1 atom stereocenters. The fraction of sp³-hybridized carbons (Fsp3) is 0.310. The Balaban J connectivity index is 2.07. The highest BCUT2D eigenvalue weighted by Gasteiger charge is 2.33. The number of hydrogen-bond acceptors (Lipinski definition) is 4. The maximum atomic E-state index is 14.0. The number of anilines is 1. The number of benzene rings is 3. The largest absolute Gasteiger partial charge is 0.354 e. The van der Waals surface area contributed by atoms with Crippen LogP contribution in [0.3, 0.4) is 0 Å². The van der Waals surface area contributed by atoms with E-state index in [1.54, 1.807) is 68.4 Å². The van der Waals surface area contributed by atoms with E-state index in [-0.39, 0.29) is 23.0 Å². The Kier molecular flexibility index (Phi) is 10.4. The monoisotopic (exact) mass is 589 g/mol. The minimum atomic E-state index is -4.18. The number of carbonyl (C=O) groups is 2. The zero-order chi connectivity index (χ0) is 28.7. The SMILES string of the molecule is CCCNC(=O)[C@@H](C)N(Cc1ccccc1Cl)C(=O)CN(c1cccc(Cl)c1C)S(=O)(=O)c1ccc(C)cc1. The number of nitrogens with zero attached hydrogens (tertiary/aromatic N) is 2. The highest BCUT2D eigenvalue weighted by atomic mass is 35.5. The molecule has 3 aromatic carbocycles. The minimum absolute atomic E-state index is 0.0200. The molecule has 0 heterocycles. The van der Waals surface area contributed by atoms with E-state index in [0.717, 1.165) is 16.3 Å². The van der Waals surface area contributed by atoms with Gasteiger partial charge >= 0.3 is 0 Å². The number of amides is 2. The highest BCUT2D eigenvalue weighted by molar-refractivity contribution is 7.92. The van der Waals surface area contributed by atoms with Crippen molar-refractivity contribution in [2.45, 2.75) is 51.6 Å². The maximum Gasteiger partial charge on any atom is 0.264 e. The third-order valence-corrected chi connectivity index (χ3v) is 8.96. The molecule has 0 aliphatic rings. The number of sulfonamides is 1. The molecular weight excluding hydrogens is 557 g/mol. The summed E-state index contributed by atoms with van der Waals surface area (Å²) >= 11 is 12.7. The molecule has 0 saturated carbocycles. The van der Waals surface area contributed by atoms with Gasteiger partial charge < -0.3 is 10.2 Å². The molecule has 208 valence electrons. The van der Waals surface area contributed by atoms with Crippen molar-refractivity contribution >= 4 is 50.7 Å². The van der Waals surface area contributed by atoms with Gasteiger partial charge in [0, 0.05) is 23.1 Å². The van der Waals surface area contributed by atoms with Crippen molar-refractivity contribution in [3.8, 4) is 0 Å². The van der Waals surface area contributed by atoms with Crippen LogP contribution < -0.4 is 9.62 Å². The Bertz CT molecular complexity index is 1430.